The maximum Gasteiger partial charge on any atom is 0.325 e. The second kappa shape index (κ2) is 17.2. The van der Waals surface area contributed by atoms with Crippen LogP contribution in [0.15, 0.2) is 0 Å². The first-order chi connectivity index (χ1) is 21.1. The van der Waals surface area contributed by atoms with Crippen molar-refractivity contribution in [3.05, 3.63) is 0 Å². The molecular weight excluding hydrogens is 562 g/mol. The van der Waals surface area contributed by atoms with Crippen LogP contribution in [0.3, 0.4) is 0 Å². The Morgan fingerprint density at radius 3 is 2.25 bits per heavy atom. The molecule has 2 heterocycles. The van der Waals surface area contributed by atoms with E-state index < -0.39 is 5.60 Å². The summed E-state index contributed by atoms with van der Waals surface area (Å²) in [5.74, 6) is 0.706. The molecule has 0 radical (unpaired) electrons. The van der Waals surface area contributed by atoms with Gasteiger partial charge in [0.2, 0.25) is 5.91 Å². The van der Waals surface area contributed by atoms with E-state index in [1.165, 1.54) is 0 Å². The van der Waals surface area contributed by atoms with Gasteiger partial charge in [-0.2, -0.15) is 0 Å². The molecule has 2 saturated carbocycles. The van der Waals surface area contributed by atoms with Gasteiger partial charge in [0.25, 0.3) is 0 Å². The van der Waals surface area contributed by atoms with Crippen molar-refractivity contribution in [1.29, 1.82) is 0 Å². The highest BCUT2D eigenvalue weighted by Crippen LogP contribution is 2.34. The average molecular weight is 622 g/mol. The lowest BCUT2D eigenvalue weighted by Gasteiger charge is -2.40. The quantitative estimate of drug-likeness (QED) is 0.241. The highest BCUT2D eigenvalue weighted by molar-refractivity contribution is 5.83. The Labute approximate surface area is 264 Å². The van der Waals surface area contributed by atoms with Crippen LogP contribution < -0.4 is 21.3 Å². The van der Waals surface area contributed by atoms with Gasteiger partial charge in [0.05, 0.1) is 25.2 Å². The Bertz CT molecular complexity index is 905. The van der Waals surface area contributed by atoms with Crippen LogP contribution in [-0.4, -0.2) is 99.3 Å². The minimum Gasteiger partial charge on any atom is -0.466 e. The van der Waals surface area contributed by atoms with Crippen LogP contribution in [0.4, 0.5) is 0 Å². The third kappa shape index (κ3) is 11.5. The molecule has 0 bridgehead atoms. The Hall–Kier alpha value is -1.79. The number of piperidine rings is 1. The van der Waals surface area contributed by atoms with Gasteiger partial charge in [-0.25, -0.2) is 0 Å². The van der Waals surface area contributed by atoms with Crippen molar-refractivity contribution >= 4 is 17.8 Å². The number of carbonyl (C=O) groups is 3. The predicted octanol–water partition coefficient (Wildman–Crippen LogP) is 2.54. The molecule has 252 valence electrons. The molecule has 2 aliphatic heterocycles. The number of nitrogens with one attached hydrogen (secondary N) is 4. The summed E-state index contributed by atoms with van der Waals surface area (Å²) < 4.78 is 16.8. The average Bonchev–Trinajstić information content (AvgIpc) is 3.01. The molecule has 0 aromatic heterocycles. The van der Waals surface area contributed by atoms with Crippen molar-refractivity contribution in [2.24, 2.45) is 23.7 Å². The highest BCUT2D eigenvalue weighted by Gasteiger charge is 2.34. The normalized spacial score (nSPS) is 32.0. The lowest BCUT2D eigenvalue weighted by molar-refractivity contribution is -0.155. The van der Waals surface area contributed by atoms with Crippen LogP contribution >= 0.6 is 0 Å². The number of amides is 1. The molecule has 0 spiro atoms. The molecule has 4 N–H and O–H groups in total. The van der Waals surface area contributed by atoms with Gasteiger partial charge < -0.3 is 24.4 Å². The molecule has 1 unspecified atom stereocenters. The van der Waals surface area contributed by atoms with Gasteiger partial charge in [0.15, 0.2) is 0 Å². The fourth-order valence-corrected chi connectivity index (χ4v) is 7.36. The summed E-state index contributed by atoms with van der Waals surface area (Å²) >= 11 is 0. The van der Waals surface area contributed by atoms with E-state index in [-0.39, 0.29) is 42.5 Å². The summed E-state index contributed by atoms with van der Waals surface area (Å²) in [6, 6.07) is 0.485. The second-order valence-electron chi connectivity index (χ2n) is 14.3. The number of carbonyl (C=O) groups excluding carboxylic acids is 3. The van der Waals surface area contributed by atoms with Crippen molar-refractivity contribution in [2.75, 3.05) is 52.5 Å². The number of hydrogen-bond acceptors (Lipinski definition) is 10. The number of nitrogens with zero attached hydrogens (tertiary/aromatic N) is 1. The van der Waals surface area contributed by atoms with E-state index in [1.807, 2.05) is 27.7 Å². The van der Waals surface area contributed by atoms with Crippen LogP contribution in [0.1, 0.15) is 91.9 Å². The number of esters is 2. The fraction of sp³-hybridized carbons (Fsp3) is 0.909. The zero-order chi connectivity index (χ0) is 31.5. The summed E-state index contributed by atoms with van der Waals surface area (Å²) in [5, 5.41) is 13.9. The zero-order valence-corrected chi connectivity index (χ0v) is 27.7. The zero-order valence-electron chi connectivity index (χ0n) is 27.7. The summed E-state index contributed by atoms with van der Waals surface area (Å²) in [6.45, 7) is 13.1. The van der Waals surface area contributed by atoms with Crippen molar-refractivity contribution < 1.29 is 28.6 Å². The maximum absolute atomic E-state index is 12.6. The summed E-state index contributed by atoms with van der Waals surface area (Å²) in [6.07, 6.45) is 10.7. The second-order valence-corrected chi connectivity index (χ2v) is 14.3. The summed E-state index contributed by atoms with van der Waals surface area (Å²) in [5.41, 5.74) is -0.543. The van der Waals surface area contributed by atoms with E-state index in [1.54, 1.807) is 0 Å². The molecule has 4 aliphatic rings. The lowest BCUT2D eigenvalue weighted by atomic mass is 9.75. The van der Waals surface area contributed by atoms with E-state index in [0.717, 1.165) is 104 Å². The van der Waals surface area contributed by atoms with E-state index in [2.05, 4.69) is 26.2 Å². The molecule has 2 aliphatic carbocycles. The third-order valence-electron chi connectivity index (χ3n) is 9.77. The van der Waals surface area contributed by atoms with Gasteiger partial charge in [0, 0.05) is 38.1 Å². The van der Waals surface area contributed by atoms with Gasteiger partial charge in [-0.1, -0.05) is 0 Å². The molecule has 0 aromatic rings. The molecule has 0 aromatic carbocycles. The molecule has 11 heteroatoms. The van der Waals surface area contributed by atoms with E-state index >= 15 is 0 Å². The first-order valence-corrected chi connectivity index (χ1v) is 17.3. The number of likely N-dealkylation sites (tertiary alicyclic amines) is 1. The van der Waals surface area contributed by atoms with Gasteiger partial charge in [-0.3, -0.25) is 30.3 Å². The molecule has 4 rings (SSSR count). The Morgan fingerprint density at radius 2 is 1.59 bits per heavy atom. The van der Waals surface area contributed by atoms with Crippen LogP contribution in [0.2, 0.25) is 0 Å². The van der Waals surface area contributed by atoms with E-state index in [4.69, 9.17) is 14.2 Å². The van der Waals surface area contributed by atoms with Crippen molar-refractivity contribution in [3.8, 4) is 0 Å². The summed E-state index contributed by atoms with van der Waals surface area (Å²) in [7, 11) is 0. The molecule has 1 amide bonds. The Kier molecular flexibility index (Phi) is 13.7. The smallest absolute Gasteiger partial charge is 0.325 e. The molecule has 1 atom stereocenters. The topological polar surface area (TPSA) is 130 Å². The van der Waals surface area contributed by atoms with Crippen molar-refractivity contribution in [2.45, 2.75) is 116 Å². The van der Waals surface area contributed by atoms with Gasteiger partial charge in [0.1, 0.15) is 18.4 Å². The Balaban J connectivity index is 1.04. The minimum atomic E-state index is -0.543. The van der Waals surface area contributed by atoms with Gasteiger partial charge in [-0.05, 0) is 110 Å². The number of hydrogen-bond donors (Lipinski definition) is 4. The molecular formula is C33H59N5O6. The molecule has 44 heavy (non-hydrogen) atoms. The Morgan fingerprint density at radius 1 is 0.886 bits per heavy atom. The van der Waals surface area contributed by atoms with E-state index in [9.17, 15) is 14.4 Å². The van der Waals surface area contributed by atoms with Crippen LogP contribution in [-0.2, 0) is 28.6 Å². The summed E-state index contributed by atoms with van der Waals surface area (Å²) in [4.78, 5) is 39.0. The molecule has 2 saturated heterocycles. The highest BCUT2D eigenvalue weighted by atomic mass is 16.6. The SMILES string of the molecule is CCOC(=O)C1CCCN(CCOC2CCC(NC3NCC(C4CCC(C(=O)NCC(=O)OC(C)(C)C)CC4)CN3)CC2)C1. The number of ether oxygens (including phenoxy) is 3. The van der Waals surface area contributed by atoms with Crippen LogP contribution in [0.25, 0.3) is 0 Å². The third-order valence-corrected chi connectivity index (χ3v) is 9.77. The molecule has 4 fully saturated rings. The van der Waals surface area contributed by atoms with E-state index in [0.29, 0.717) is 30.6 Å². The fourth-order valence-electron chi connectivity index (χ4n) is 7.36. The molecule has 11 nitrogen and oxygen atoms in total. The first kappa shape index (κ1) is 35.1. The van der Waals surface area contributed by atoms with Gasteiger partial charge >= 0.3 is 11.9 Å². The van der Waals surface area contributed by atoms with Crippen LogP contribution in [0.5, 0.6) is 0 Å². The maximum atomic E-state index is 12.6. The first-order valence-electron chi connectivity index (χ1n) is 17.3. The minimum absolute atomic E-state index is 0.00855. The van der Waals surface area contributed by atoms with Crippen molar-refractivity contribution in [3.63, 3.8) is 0 Å². The van der Waals surface area contributed by atoms with Crippen molar-refractivity contribution in [1.82, 2.24) is 26.2 Å². The predicted molar refractivity (Wildman–Crippen MR) is 169 cm³/mol. The largest absolute Gasteiger partial charge is 0.466 e. The standard InChI is InChI=1S/C33H59N5O6/c1-5-42-31(41)25-7-6-16-38(22-25)17-18-43-28-14-12-27(13-15-28)37-32-35-19-26(20-36-32)23-8-10-24(11-9-23)30(40)34-21-29(39)44-33(2,3)4/h23-28,32,35-37H,5-22H2,1-4H3,(H,34,40). The van der Waals surface area contributed by atoms with Crippen LogP contribution in [0, 0.1) is 23.7 Å². The lowest BCUT2D eigenvalue weighted by Crippen LogP contribution is -2.63. The van der Waals surface area contributed by atoms with Gasteiger partial charge in [-0.15, -0.1) is 0 Å². The number of rotatable bonds is 12. The monoisotopic (exact) mass is 621 g/mol.